The van der Waals surface area contributed by atoms with Crippen molar-refractivity contribution in [3.63, 3.8) is 0 Å². The van der Waals surface area contributed by atoms with Gasteiger partial charge in [-0.1, -0.05) is 32.4 Å². The van der Waals surface area contributed by atoms with Gasteiger partial charge in [0, 0.05) is 17.8 Å². The molecule has 16 heavy (non-hydrogen) atoms. The quantitative estimate of drug-likeness (QED) is 0.879. The Kier molecular flexibility index (Phi) is 4.71. The van der Waals surface area contributed by atoms with Crippen molar-refractivity contribution in [2.24, 2.45) is 0 Å². The molecule has 2 rings (SSSR count). The molecular formula is C11H16ClN3O. The number of fused-ring (bicyclic) bond motifs is 1. The summed E-state index contributed by atoms with van der Waals surface area (Å²) in [6, 6.07) is 1.70. The third-order valence-electron chi connectivity index (χ3n) is 2.14. The number of rotatable bonds is 2. The van der Waals surface area contributed by atoms with Gasteiger partial charge in [0.2, 0.25) is 0 Å². The zero-order valence-corrected chi connectivity index (χ0v) is 10.5. The lowest BCUT2D eigenvalue weighted by atomic mass is 10.2. The number of aryl methyl sites for hydroxylation is 1. The van der Waals surface area contributed by atoms with Crippen molar-refractivity contribution in [3.8, 4) is 0 Å². The van der Waals surface area contributed by atoms with E-state index < -0.39 is 0 Å². The van der Waals surface area contributed by atoms with E-state index in [2.05, 4.69) is 10.1 Å². The fourth-order valence-corrected chi connectivity index (χ4v) is 1.67. The van der Waals surface area contributed by atoms with Crippen LogP contribution < -0.4 is 0 Å². The van der Waals surface area contributed by atoms with Gasteiger partial charge in [0.25, 0.3) is 0 Å². The van der Waals surface area contributed by atoms with Crippen LogP contribution in [0.5, 0.6) is 0 Å². The molecule has 0 saturated heterocycles. The van der Waals surface area contributed by atoms with Gasteiger partial charge >= 0.3 is 0 Å². The van der Waals surface area contributed by atoms with Gasteiger partial charge in [-0.25, -0.2) is 9.50 Å². The summed E-state index contributed by atoms with van der Waals surface area (Å²) in [5.41, 5.74) is 2.45. The minimum Gasteiger partial charge on any atom is -0.392 e. The Bertz CT molecular complexity index is 467. The standard InChI is InChI=1S/C9H10ClN3O.C2H6/c1-2-7-6(5-14)4-11-9-3-8(10)12-13(7)9;1-2/h3-4,14H,2,5H2,1H3;1-2H3. The van der Waals surface area contributed by atoms with Crippen molar-refractivity contribution in [2.75, 3.05) is 0 Å². The summed E-state index contributed by atoms with van der Waals surface area (Å²) >= 11 is 5.77. The predicted octanol–water partition coefficient (Wildman–Crippen LogP) is 2.46. The molecule has 0 aliphatic rings. The van der Waals surface area contributed by atoms with E-state index in [1.54, 1.807) is 16.8 Å². The lowest BCUT2D eigenvalue weighted by molar-refractivity contribution is 0.279. The molecule has 0 aliphatic heterocycles. The van der Waals surface area contributed by atoms with Crippen molar-refractivity contribution in [3.05, 3.63) is 28.7 Å². The number of hydrogen-bond acceptors (Lipinski definition) is 3. The fraction of sp³-hybridized carbons (Fsp3) is 0.455. The highest BCUT2D eigenvalue weighted by Gasteiger charge is 2.08. The fourth-order valence-electron chi connectivity index (χ4n) is 1.50. The maximum Gasteiger partial charge on any atom is 0.156 e. The normalized spacial score (nSPS) is 10.1. The van der Waals surface area contributed by atoms with Crippen molar-refractivity contribution in [2.45, 2.75) is 33.8 Å². The van der Waals surface area contributed by atoms with E-state index in [9.17, 15) is 0 Å². The number of aliphatic hydroxyl groups excluding tert-OH is 1. The van der Waals surface area contributed by atoms with Gasteiger partial charge in [-0.2, -0.15) is 5.10 Å². The van der Waals surface area contributed by atoms with Crippen LogP contribution in [0.15, 0.2) is 12.3 Å². The molecule has 0 atom stereocenters. The molecule has 0 radical (unpaired) electrons. The molecule has 0 aliphatic carbocycles. The molecular weight excluding hydrogens is 226 g/mol. The van der Waals surface area contributed by atoms with Crippen molar-refractivity contribution < 1.29 is 5.11 Å². The molecule has 1 N–H and O–H groups in total. The molecule has 0 amide bonds. The number of nitrogens with zero attached hydrogens (tertiary/aromatic N) is 3. The first kappa shape index (κ1) is 12.9. The number of hydrogen-bond donors (Lipinski definition) is 1. The Hall–Kier alpha value is -1.13. The first-order valence-corrected chi connectivity index (χ1v) is 5.77. The molecule has 0 fully saturated rings. The Morgan fingerprint density at radius 3 is 2.69 bits per heavy atom. The molecule has 0 spiro atoms. The molecule has 0 aromatic carbocycles. The molecule has 2 aromatic heterocycles. The largest absolute Gasteiger partial charge is 0.392 e. The highest BCUT2D eigenvalue weighted by molar-refractivity contribution is 6.29. The molecule has 5 heteroatoms. The third-order valence-corrected chi connectivity index (χ3v) is 2.33. The van der Waals surface area contributed by atoms with Crippen LogP contribution in [0, 0.1) is 0 Å². The minimum absolute atomic E-state index is 0.0242. The van der Waals surface area contributed by atoms with Crippen LogP contribution >= 0.6 is 11.6 Å². The first-order chi connectivity index (χ1) is 7.76. The minimum atomic E-state index is -0.0242. The molecule has 2 heterocycles. The summed E-state index contributed by atoms with van der Waals surface area (Å²) in [4.78, 5) is 4.14. The topological polar surface area (TPSA) is 50.4 Å². The van der Waals surface area contributed by atoms with Crippen LogP contribution in [-0.4, -0.2) is 19.7 Å². The number of aromatic nitrogens is 3. The maximum absolute atomic E-state index is 9.10. The molecule has 4 nitrogen and oxygen atoms in total. The van der Waals surface area contributed by atoms with E-state index in [1.807, 2.05) is 20.8 Å². The lowest BCUT2D eigenvalue weighted by Gasteiger charge is -2.06. The second kappa shape index (κ2) is 5.82. The van der Waals surface area contributed by atoms with Gasteiger partial charge in [-0.3, -0.25) is 0 Å². The van der Waals surface area contributed by atoms with Crippen LogP contribution in [0.4, 0.5) is 0 Å². The summed E-state index contributed by atoms with van der Waals surface area (Å²) in [5.74, 6) is 0. The maximum atomic E-state index is 9.10. The van der Waals surface area contributed by atoms with Gasteiger partial charge in [0.15, 0.2) is 10.8 Å². The summed E-state index contributed by atoms with van der Waals surface area (Å²) < 4.78 is 1.67. The van der Waals surface area contributed by atoms with E-state index in [-0.39, 0.29) is 6.61 Å². The Labute approximate surface area is 99.9 Å². The van der Waals surface area contributed by atoms with Crippen LogP contribution in [0.3, 0.4) is 0 Å². The zero-order chi connectivity index (χ0) is 12.1. The van der Waals surface area contributed by atoms with Crippen molar-refractivity contribution >= 4 is 17.2 Å². The van der Waals surface area contributed by atoms with Gasteiger partial charge in [-0.05, 0) is 6.42 Å². The Morgan fingerprint density at radius 2 is 2.12 bits per heavy atom. The van der Waals surface area contributed by atoms with Gasteiger partial charge in [-0.15, -0.1) is 0 Å². The van der Waals surface area contributed by atoms with Crippen LogP contribution in [0.25, 0.3) is 5.65 Å². The molecule has 0 bridgehead atoms. The van der Waals surface area contributed by atoms with Crippen LogP contribution in [0.1, 0.15) is 32.0 Å². The van der Waals surface area contributed by atoms with E-state index in [0.717, 1.165) is 17.7 Å². The van der Waals surface area contributed by atoms with E-state index in [0.29, 0.717) is 10.8 Å². The summed E-state index contributed by atoms with van der Waals surface area (Å²) in [7, 11) is 0. The predicted molar refractivity (Wildman–Crippen MR) is 64.6 cm³/mol. The van der Waals surface area contributed by atoms with Crippen LogP contribution in [0.2, 0.25) is 5.15 Å². The monoisotopic (exact) mass is 241 g/mol. The van der Waals surface area contributed by atoms with Crippen molar-refractivity contribution in [1.82, 2.24) is 14.6 Å². The highest BCUT2D eigenvalue weighted by Crippen LogP contribution is 2.15. The smallest absolute Gasteiger partial charge is 0.156 e. The van der Waals surface area contributed by atoms with Crippen LogP contribution in [-0.2, 0) is 13.0 Å². The number of aliphatic hydroxyl groups is 1. The summed E-state index contributed by atoms with van der Waals surface area (Å²) in [5, 5.41) is 13.6. The molecule has 2 aromatic rings. The zero-order valence-electron chi connectivity index (χ0n) is 9.74. The molecule has 0 unspecified atom stereocenters. The summed E-state index contributed by atoms with van der Waals surface area (Å²) in [6.07, 6.45) is 2.44. The van der Waals surface area contributed by atoms with Gasteiger partial charge in [0.05, 0.1) is 12.3 Å². The highest BCUT2D eigenvalue weighted by atomic mass is 35.5. The third kappa shape index (κ3) is 2.33. The van der Waals surface area contributed by atoms with E-state index in [4.69, 9.17) is 16.7 Å². The summed E-state index contributed by atoms with van der Waals surface area (Å²) in [6.45, 7) is 5.98. The van der Waals surface area contributed by atoms with E-state index in [1.165, 1.54) is 0 Å². The molecule has 0 saturated carbocycles. The average molecular weight is 242 g/mol. The second-order valence-corrected chi connectivity index (χ2v) is 3.37. The SMILES string of the molecule is CC.CCc1c(CO)cnc2cc(Cl)nn12. The first-order valence-electron chi connectivity index (χ1n) is 5.39. The Balaban J connectivity index is 0.000000606. The number of halogens is 1. The molecule has 88 valence electrons. The van der Waals surface area contributed by atoms with E-state index >= 15 is 0 Å². The average Bonchev–Trinajstić information content (AvgIpc) is 2.70. The van der Waals surface area contributed by atoms with Gasteiger partial charge < -0.3 is 5.11 Å². The second-order valence-electron chi connectivity index (χ2n) is 2.98. The lowest BCUT2D eigenvalue weighted by Crippen LogP contribution is -2.04. The van der Waals surface area contributed by atoms with Gasteiger partial charge in [0.1, 0.15) is 0 Å². The Morgan fingerprint density at radius 1 is 1.44 bits per heavy atom. The van der Waals surface area contributed by atoms with Crippen molar-refractivity contribution in [1.29, 1.82) is 0 Å².